The van der Waals surface area contributed by atoms with Crippen molar-refractivity contribution in [1.82, 2.24) is 0 Å². The molecule has 0 aliphatic carbocycles. The molecule has 0 bridgehead atoms. The van der Waals surface area contributed by atoms with E-state index in [1.165, 1.54) is 18.2 Å². The van der Waals surface area contributed by atoms with Gasteiger partial charge >= 0.3 is 0 Å². The highest BCUT2D eigenvalue weighted by atomic mass is 79.9. The van der Waals surface area contributed by atoms with Crippen LogP contribution in [0, 0.1) is 5.82 Å². The molecule has 0 radical (unpaired) electrons. The van der Waals surface area contributed by atoms with Crippen molar-refractivity contribution in [2.45, 2.75) is 0 Å². The van der Waals surface area contributed by atoms with E-state index in [0.29, 0.717) is 4.47 Å². The first kappa shape index (κ1) is 15.5. The van der Waals surface area contributed by atoms with E-state index >= 15 is 0 Å². The SMILES string of the molecule is NC(=O)c1ccc(F)c(NC(=O)c2cccc(Br)c2Cl)c1. The molecule has 4 nitrogen and oxygen atoms in total. The standard InChI is InChI=1S/C14H9BrClFN2O2/c15-9-3-1-2-8(12(9)16)14(21)19-11-6-7(13(18)20)4-5-10(11)17/h1-6H,(H2,18,20)(H,19,21). The van der Waals surface area contributed by atoms with Gasteiger partial charge in [0.25, 0.3) is 5.91 Å². The van der Waals surface area contributed by atoms with E-state index in [9.17, 15) is 14.0 Å². The van der Waals surface area contributed by atoms with Crippen LogP contribution >= 0.6 is 27.5 Å². The summed E-state index contributed by atoms with van der Waals surface area (Å²) in [6.45, 7) is 0. The molecule has 3 N–H and O–H groups in total. The van der Waals surface area contributed by atoms with Crippen LogP contribution in [0.5, 0.6) is 0 Å². The Morgan fingerprint density at radius 1 is 1.24 bits per heavy atom. The van der Waals surface area contributed by atoms with Crippen molar-refractivity contribution >= 4 is 45.0 Å². The number of primary amides is 1. The van der Waals surface area contributed by atoms with Crippen LogP contribution in [0.2, 0.25) is 5.02 Å². The van der Waals surface area contributed by atoms with Crippen molar-refractivity contribution in [3.63, 3.8) is 0 Å². The number of hydrogen-bond acceptors (Lipinski definition) is 2. The Labute approximate surface area is 133 Å². The first-order valence-corrected chi connectivity index (χ1v) is 6.92. The van der Waals surface area contributed by atoms with Crippen LogP contribution in [0.25, 0.3) is 0 Å². The third kappa shape index (κ3) is 3.40. The molecular formula is C14H9BrClFN2O2. The number of carbonyl (C=O) groups is 2. The fourth-order valence-corrected chi connectivity index (χ4v) is 2.22. The number of amides is 2. The number of benzene rings is 2. The lowest BCUT2D eigenvalue weighted by atomic mass is 10.1. The second-order valence-corrected chi connectivity index (χ2v) is 5.35. The lowest BCUT2D eigenvalue weighted by molar-refractivity contribution is 0.0996. The minimum absolute atomic E-state index is 0.0899. The molecule has 0 unspecified atom stereocenters. The Kier molecular flexibility index (Phi) is 4.59. The third-order valence-corrected chi connectivity index (χ3v) is 3.99. The van der Waals surface area contributed by atoms with Gasteiger partial charge in [-0.05, 0) is 46.3 Å². The number of halogens is 3. The average Bonchev–Trinajstić information content (AvgIpc) is 2.43. The molecule has 0 fully saturated rings. The molecule has 0 aliphatic heterocycles. The molecule has 0 aromatic heterocycles. The number of rotatable bonds is 3. The Balaban J connectivity index is 2.33. The summed E-state index contributed by atoms with van der Waals surface area (Å²) in [4.78, 5) is 23.2. The second-order valence-electron chi connectivity index (χ2n) is 4.11. The Bertz CT molecular complexity index is 737. The average molecular weight is 372 g/mol. The van der Waals surface area contributed by atoms with E-state index in [0.717, 1.165) is 6.07 Å². The van der Waals surface area contributed by atoms with Gasteiger partial charge in [0.2, 0.25) is 5.91 Å². The van der Waals surface area contributed by atoms with Gasteiger partial charge in [-0.1, -0.05) is 17.7 Å². The van der Waals surface area contributed by atoms with E-state index in [1.54, 1.807) is 12.1 Å². The van der Waals surface area contributed by atoms with Crippen LogP contribution < -0.4 is 11.1 Å². The first-order valence-electron chi connectivity index (χ1n) is 5.75. The van der Waals surface area contributed by atoms with E-state index in [1.807, 2.05) is 0 Å². The maximum absolute atomic E-state index is 13.7. The number of nitrogens with two attached hydrogens (primary N) is 1. The molecule has 0 saturated carbocycles. The van der Waals surface area contributed by atoms with Gasteiger partial charge in [0.15, 0.2) is 0 Å². The maximum atomic E-state index is 13.7. The number of hydrogen-bond donors (Lipinski definition) is 2. The summed E-state index contributed by atoms with van der Waals surface area (Å²) in [5.41, 5.74) is 5.24. The molecule has 0 saturated heterocycles. The monoisotopic (exact) mass is 370 g/mol. The number of carbonyl (C=O) groups excluding carboxylic acids is 2. The Hall–Kier alpha value is -1.92. The summed E-state index contributed by atoms with van der Waals surface area (Å²) in [6, 6.07) is 8.26. The number of anilines is 1. The van der Waals surface area contributed by atoms with Gasteiger partial charge in [0.1, 0.15) is 5.82 Å². The van der Waals surface area contributed by atoms with E-state index in [-0.39, 0.29) is 21.8 Å². The minimum Gasteiger partial charge on any atom is -0.366 e. The highest BCUT2D eigenvalue weighted by Gasteiger charge is 2.15. The minimum atomic E-state index is -0.717. The summed E-state index contributed by atoms with van der Waals surface area (Å²) in [6.07, 6.45) is 0. The van der Waals surface area contributed by atoms with Crippen LogP contribution in [0.4, 0.5) is 10.1 Å². The molecule has 7 heteroatoms. The predicted octanol–water partition coefficient (Wildman–Crippen LogP) is 3.59. The molecule has 2 aromatic carbocycles. The van der Waals surface area contributed by atoms with Gasteiger partial charge in [-0.25, -0.2) is 4.39 Å². The molecule has 2 rings (SSSR count). The van der Waals surface area contributed by atoms with Crippen LogP contribution in [0.15, 0.2) is 40.9 Å². The molecular weight excluding hydrogens is 363 g/mol. The molecule has 2 amide bonds. The van der Waals surface area contributed by atoms with E-state index < -0.39 is 17.6 Å². The van der Waals surface area contributed by atoms with Crippen molar-refractivity contribution in [3.8, 4) is 0 Å². The van der Waals surface area contributed by atoms with E-state index in [2.05, 4.69) is 21.2 Å². The molecule has 21 heavy (non-hydrogen) atoms. The summed E-state index contributed by atoms with van der Waals surface area (Å²) in [7, 11) is 0. The van der Waals surface area contributed by atoms with Crippen molar-refractivity contribution in [2.24, 2.45) is 5.73 Å². The fourth-order valence-electron chi connectivity index (χ4n) is 1.64. The Morgan fingerprint density at radius 3 is 2.62 bits per heavy atom. The fraction of sp³-hybridized carbons (Fsp3) is 0. The van der Waals surface area contributed by atoms with Crippen molar-refractivity contribution in [1.29, 1.82) is 0 Å². The van der Waals surface area contributed by atoms with Gasteiger partial charge in [0.05, 0.1) is 16.3 Å². The Morgan fingerprint density at radius 2 is 1.95 bits per heavy atom. The third-order valence-electron chi connectivity index (χ3n) is 2.70. The summed E-state index contributed by atoms with van der Waals surface area (Å²) in [5.74, 6) is -1.99. The van der Waals surface area contributed by atoms with Gasteiger partial charge in [-0.2, -0.15) is 0 Å². The summed E-state index contributed by atoms with van der Waals surface area (Å²) >= 11 is 9.20. The molecule has 0 spiro atoms. The molecule has 0 heterocycles. The molecule has 0 aliphatic rings. The summed E-state index contributed by atoms with van der Waals surface area (Å²) < 4.78 is 14.2. The lowest BCUT2D eigenvalue weighted by Gasteiger charge is -2.09. The van der Waals surface area contributed by atoms with Gasteiger partial charge in [-0.15, -0.1) is 0 Å². The van der Waals surface area contributed by atoms with Gasteiger partial charge in [-0.3, -0.25) is 9.59 Å². The predicted molar refractivity (Wildman–Crippen MR) is 82.0 cm³/mol. The van der Waals surface area contributed by atoms with Crippen LogP contribution in [-0.2, 0) is 0 Å². The van der Waals surface area contributed by atoms with Crippen LogP contribution in [-0.4, -0.2) is 11.8 Å². The van der Waals surface area contributed by atoms with Crippen molar-refractivity contribution < 1.29 is 14.0 Å². The molecule has 2 aromatic rings. The van der Waals surface area contributed by atoms with E-state index in [4.69, 9.17) is 17.3 Å². The summed E-state index contributed by atoms with van der Waals surface area (Å²) in [5, 5.41) is 2.57. The van der Waals surface area contributed by atoms with Crippen molar-refractivity contribution in [3.05, 3.63) is 62.8 Å². The van der Waals surface area contributed by atoms with Crippen LogP contribution in [0.1, 0.15) is 20.7 Å². The molecule has 0 atom stereocenters. The lowest BCUT2D eigenvalue weighted by Crippen LogP contribution is -2.16. The van der Waals surface area contributed by atoms with Crippen molar-refractivity contribution in [2.75, 3.05) is 5.32 Å². The number of nitrogens with one attached hydrogen (secondary N) is 1. The highest BCUT2D eigenvalue weighted by Crippen LogP contribution is 2.27. The zero-order chi connectivity index (χ0) is 15.6. The van der Waals surface area contributed by atoms with Gasteiger partial charge in [0, 0.05) is 10.0 Å². The smallest absolute Gasteiger partial charge is 0.257 e. The topological polar surface area (TPSA) is 72.2 Å². The second kappa shape index (κ2) is 6.24. The molecule has 108 valence electrons. The zero-order valence-corrected chi connectivity index (χ0v) is 12.8. The zero-order valence-electron chi connectivity index (χ0n) is 10.5. The van der Waals surface area contributed by atoms with Crippen LogP contribution in [0.3, 0.4) is 0 Å². The largest absolute Gasteiger partial charge is 0.366 e. The normalized spacial score (nSPS) is 10.2. The first-order chi connectivity index (χ1) is 9.90. The quantitative estimate of drug-likeness (QED) is 0.865. The van der Waals surface area contributed by atoms with Gasteiger partial charge < -0.3 is 11.1 Å². The highest BCUT2D eigenvalue weighted by molar-refractivity contribution is 9.10. The maximum Gasteiger partial charge on any atom is 0.257 e.